The summed E-state index contributed by atoms with van der Waals surface area (Å²) in [6.45, 7) is 0. The average molecular weight is 348 g/mol. The van der Waals surface area contributed by atoms with Gasteiger partial charge in [-0.2, -0.15) is 0 Å². The summed E-state index contributed by atoms with van der Waals surface area (Å²) < 4.78 is 5.40. The van der Waals surface area contributed by atoms with Crippen molar-refractivity contribution in [1.82, 2.24) is 15.0 Å². The zero-order valence-electron chi connectivity index (χ0n) is 14.6. The van der Waals surface area contributed by atoms with Crippen molar-refractivity contribution in [3.05, 3.63) is 65.6 Å². The first-order valence-electron chi connectivity index (χ1n) is 8.62. The van der Waals surface area contributed by atoms with E-state index in [1.807, 2.05) is 24.3 Å². The molecule has 0 saturated carbocycles. The monoisotopic (exact) mass is 348 g/mol. The van der Waals surface area contributed by atoms with Crippen molar-refractivity contribution in [2.45, 2.75) is 25.3 Å². The molecule has 4 rings (SSSR count). The molecule has 0 radical (unpaired) electrons. The van der Waals surface area contributed by atoms with Crippen molar-refractivity contribution in [3.8, 4) is 5.75 Å². The van der Waals surface area contributed by atoms with Crippen molar-refractivity contribution in [2.75, 3.05) is 7.11 Å². The van der Waals surface area contributed by atoms with Gasteiger partial charge in [-0.05, 0) is 42.5 Å². The fraction of sp³-hybridized carbons (Fsp3) is 0.250. The highest BCUT2D eigenvalue weighted by molar-refractivity contribution is 6.06. The summed E-state index contributed by atoms with van der Waals surface area (Å²) in [5, 5.41) is 1.92. The van der Waals surface area contributed by atoms with Crippen LogP contribution in [0.25, 0.3) is 10.9 Å². The molecule has 0 aliphatic heterocycles. The van der Waals surface area contributed by atoms with Gasteiger partial charge in [0.2, 0.25) is 0 Å². The van der Waals surface area contributed by atoms with E-state index in [0.717, 1.165) is 19.3 Å². The van der Waals surface area contributed by atoms with E-state index in [-0.39, 0.29) is 17.6 Å². The van der Waals surface area contributed by atoms with Crippen LogP contribution in [0.3, 0.4) is 0 Å². The standard InChI is InChI=1S/C20H20N4O2/c1-26-17-8-4-7-16-18(17)19(23-12-22-16)20(25)24(21)15-10-9-13-5-2-3-6-14(13)11-15/h2-8,12,15H,9-11,21H2,1H3. The third-order valence-electron chi connectivity index (χ3n) is 5.00. The van der Waals surface area contributed by atoms with Crippen LogP contribution in [0.4, 0.5) is 0 Å². The molecule has 0 spiro atoms. The number of hydrazine groups is 1. The SMILES string of the molecule is COc1cccc2ncnc(C(=O)N(N)C3CCc4ccccc4C3)c12. The minimum atomic E-state index is -0.314. The van der Waals surface area contributed by atoms with Gasteiger partial charge >= 0.3 is 0 Å². The van der Waals surface area contributed by atoms with Crippen molar-refractivity contribution < 1.29 is 9.53 Å². The Labute approximate surface area is 151 Å². The Hall–Kier alpha value is -2.99. The number of fused-ring (bicyclic) bond motifs is 2. The maximum Gasteiger partial charge on any atom is 0.287 e. The number of nitrogens with two attached hydrogens (primary N) is 1. The smallest absolute Gasteiger partial charge is 0.287 e. The summed E-state index contributed by atoms with van der Waals surface area (Å²) in [5.74, 6) is 6.50. The molecule has 1 aliphatic carbocycles. The first-order valence-corrected chi connectivity index (χ1v) is 8.62. The van der Waals surface area contributed by atoms with Gasteiger partial charge in [0.25, 0.3) is 5.91 Å². The zero-order valence-corrected chi connectivity index (χ0v) is 14.6. The fourth-order valence-corrected chi connectivity index (χ4v) is 3.61. The number of carbonyl (C=O) groups excluding carboxylic acids is 1. The molecule has 2 N–H and O–H groups in total. The highest BCUT2D eigenvalue weighted by Crippen LogP contribution is 2.28. The molecule has 1 amide bonds. The van der Waals surface area contributed by atoms with E-state index in [2.05, 4.69) is 22.1 Å². The molecule has 1 aromatic heterocycles. The van der Waals surface area contributed by atoms with Gasteiger partial charge in [0.05, 0.1) is 24.1 Å². The van der Waals surface area contributed by atoms with Crippen molar-refractivity contribution >= 4 is 16.8 Å². The van der Waals surface area contributed by atoms with Gasteiger partial charge in [0, 0.05) is 0 Å². The van der Waals surface area contributed by atoms with Crippen LogP contribution in [0.5, 0.6) is 5.75 Å². The van der Waals surface area contributed by atoms with Crippen LogP contribution in [0.2, 0.25) is 0 Å². The third kappa shape index (κ3) is 2.78. The topological polar surface area (TPSA) is 81.3 Å². The molecule has 2 aromatic carbocycles. The Morgan fingerprint density at radius 2 is 1.96 bits per heavy atom. The zero-order chi connectivity index (χ0) is 18.1. The largest absolute Gasteiger partial charge is 0.496 e. The van der Waals surface area contributed by atoms with Gasteiger partial charge in [-0.15, -0.1) is 0 Å². The van der Waals surface area contributed by atoms with E-state index in [0.29, 0.717) is 16.7 Å². The molecule has 0 fully saturated rings. The number of ether oxygens (including phenoxy) is 1. The first-order chi connectivity index (χ1) is 12.7. The summed E-state index contributed by atoms with van der Waals surface area (Å²) in [5.41, 5.74) is 3.51. The minimum Gasteiger partial charge on any atom is -0.496 e. The van der Waals surface area contributed by atoms with Crippen LogP contribution in [-0.4, -0.2) is 34.0 Å². The molecule has 1 aliphatic rings. The van der Waals surface area contributed by atoms with Crippen molar-refractivity contribution in [3.63, 3.8) is 0 Å². The lowest BCUT2D eigenvalue weighted by molar-refractivity contribution is 0.0657. The number of amides is 1. The Bertz CT molecular complexity index is 968. The Morgan fingerprint density at radius 3 is 2.77 bits per heavy atom. The van der Waals surface area contributed by atoms with Gasteiger partial charge in [-0.1, -0.05) is 30.3 Å². The van der Waals surface area contributed by atoms with E-state index in [1.54, 1.807) is 13.2 Å². The van der Waals surface area contributed by atoms with Gasteiger partial charge in [0.1, 0.15) is 17.8 Å². The number of nitrogens with zero attached hydrogens (tertiary/aromatic N) is 3. The summed E-state index contributed by atoms with van der Waals surface area (Å²) in [6, 6.07) is 13.7. The molecule has 0 bridgehead atoms. The van der Waals surface area contributed by atoms with Crippen LogP contribution in [0, 0.1) is 0 Å². The Kier molecular flexibility index (Phi) is 4.26. The van der Waals surface area contributed by atoms with Crippen LogP contribution < -0.4 is 10.6 Å². The molecule has 1 atom stereocenters. The number of rotatable bonds is 3. The molecule has 1 unspecified atom stereocenters. The minimum absolute atomic E-state index is 0.0582. The van der Waals surface area contributed by atoms with Crippen LogP contribution >= 0.6 is 0 Å². The highest BCUT2D eigenvalue weighted by Gasteiger charge is 2.28. The van der Waals surface area contributed by atoms with Crippen LogP contribution in [0.15, 0.2) is 48.8 Å². The quantitative estimate of drug-likeness (QED) is 0.447. The second-order valence-electron chi connectivity index (χ2n) is 6.45. The predicted molar refractivity (Wildman–Crippen MR) is 98.7 cm³/mol. The lowest BCUT2D eigenvalue weighted by Crippen LogP contribution is -2.48. The normalized spacial score (nSPS) is 16.2. The highest BCUT2D eigenvalue weighted by atomic mass is 16.5. The summed E-state index contributed by atoms with van der Waals surface area (Å²) >= 11 is 0. The number of hydrogen-bond donors (Lipinski definition) is 1. The van der Waals surface area contributed by atoms with Crippen LogP contribution in [0.1, 0.15) is 28.0 Å². The molecule has 6 heteroatoms. The molecule has 6 nitrogen and oxygen atoms in total. The lowest BCUT2D eigenvalue weighted by atomic mass is 9.88. The molecule has 0 saturated heterocycles. The van der Waals surface area contributed by atoms with E-state index < -0.39 is 0 Å². The van der Waals surface area contributed by atoms with Crippen LogP contribution in [-0.2, 0) is 12.8 Å². The fourth-order valence-electron chi connectivity index (χ4n) is 3.61. The van der Waals surface area contributed by atoms with Crippen molar-refractivity contribution in [2.24, 2.45) is 5.84 Å². The maximum atomic E-state index is 13.1. The maximum absolute atomic E-state index is 13.1. The van der Waals surface area contributed by atoms with Gasteiger partial charge in [-0.25, -0.2) is 15.8 Å². The van der Waals surface area contributed by atoms with Gasteiger partial charge < -0.3 is 4.74 Å². The van der Waals surface area contributed by atoms with E-state index >= 15 is 0 Å². The number of aromatic nitrogens is 2. The first kappa shape index (κ1) is 16.5. The van der Waals surface area contributed by atoms with E-state index in [1.165, 1.54) is 22.5 Å². The number of aryl methyl sites for hydroxylation is 1. The molecule has 132 valence electrons. The molecule has 1 heterocycles. The Balaban J connectivity index is 1.67. The summed E-state index contributed by atoms with van der Waals surface area (Å²) in [4.78, 5) is 21.5. The molecular weight excluding hydrogens is 328 g/mol. The number of methoxy groups -OCH3 is 1. The number of carbonyl (C=O) groups is 1. The predicted octanol–water partition coefficient (Wildman–Crippen LogP) is 2.51. The summed E-state index contributed by atoms with van der Waals surface area (Å²) in [7, 11) is 1.56. The Morgan fingerprint density at radius 1 is 1.15 bits per heavy atom. The summed E-state index contributed by atoms with van der Waals surface area (Å²) in [6.07, 6.45) is 3.88. The average Bonchev–Trinajstić information content (AvgIpc) is 2.71. The second-order valence-corrected chi connectivity index (χ2v) is 6.45. The second kappa shape index (κ2) is 6.72. The molecule has 26 heavy (non-hydrogen) atoms. The number of hydrogen-bond acceptors (Lipinski definition) is 5. The van der Waals surface area contributed by atoms with Crippen molar-refractivity contribution in [1.29, 1.82) is 0 Å². The van der Waals surface area contributed by atoms with E-state index in [9.17, 15) is 4.79 Å². The van der Waals surface area contributed by atoms with Gasteiger partial charge in [0.15, 0.2) is 0 Å². The molecule has 3 aromatic rings. The number of benzene rings is 2. The third-order valence-corrected chi connectivity index (χ3v) is 5.00. The van der Waals surface area contributed by atoms with E-state index in [4.69, 9.17) is 10.6 Å². The lowest BCUT2D eigenvalue weighted by Gasteiger charge is -2.31. The molecular formula is C20H20N4O2. The van der Waals surface area contributed by atoms with Gasteiger partial charge in [-0.3, -0.25) is 9.80 Å².